The molecule has 0 aromatic heterocycles. The number of nitrogens with two attached hydrogens (primary N) is 1. The number of nitro groups is 1. The molecule has 0 bridgehead atoms. The van der Waals surface area contributed by atoms with E-state index in [1.165, 1.54) is 25.0 Å². The lowest BCUT2D eigenvalue weighted by atomic mass is 9.75. The average molecular weight is 280 g/mol. The van der Waals surface area contributed by atoms with Gasteiger partial charge in [-0.1, -0.05) is 31.7 Å². The Morgan fingerprint density at radius 2 is 1.90 bits per heavy atom. The highest BCUT2D eigenvalue weighted by molar-refractivity contribution is 5.35. The van der Waals surface area contributed by atoms with E-state index in [1.807, 2.05) is 0 Å². The van der Waals surface area contributed by atoms with Gasteiger partial charge in [0.2, 0.25) is 5.82 Å². The van der Waals surface area contributed by atoms with E-state index in [2.05, 4.69) is 0 Å². The van der Waals surface area contributed by atoms with Crippen LogP contribution >= 0.6 is 0 Å². The fourth-order valence-electron chi connectivity index (χ4n) is 3.17. The number of nitro benzene ring substituents is 1. The molecular weight excluding hydrogens is 259 g/mol. The van der Waals surface area contributed by atoms with Crippen LogP contribution in [0.1, 0.15) is 44.1 Å². The lowest BCUT2D eigenvalue weighted by Crippen LogP contribution is -2.32. The molecule has 5 heteroatoms. The van der Waals surface area contributed by atoms with Crippen LogP contribution in [0, 0.1) is 21.3 Å². The van der Waals surface area contributed by atoms with E-state index in [4.69, 9.17) is 5.73 Å². The molecule has 0 heterocycles. The molecule has 1 aliphatic rings. The molecule has 1 saturated carbocycles. The lowest BCUT2D eigenvalue weighted by molar-refractivity contribution is -0.387. The minimum absolute atomic E-state index is 0.0269. The second kappa shape index (κ2) is 6.31. The third-order valence-electron chi connectivity index (χ3n) is 4.39. The summed E-state index contributed by atoms with van der Waals surface area (Å²) in [7, 11) is 0. The van der Waals surface area contributed by atoms with Gasteiger partial charge in [-0.25, -0.2) is 0 Å². The molecule has 0 saturated heterocycles. The first-order valence-electron chi connectivity index (χ1n) is 7.19. The Morgan fingerprint density at radius 1 is 1.25 bits per heavy atom. The third kappa shape index (κ3) is 3.33. The average Bonchev–Trinajstić information content (AvgIpc) is 2.64. The molecule has 110 valence electrons. The smallest absolute Gasteiger partial charge is 0.304 e. The van der Waals surface area contributed by atoms with Crippen molar-refractivity contribution in [1.29, 1.82) is 0 Å². The second-order valence-electron chi connectivity index (χ2n) is 5.84. The summed E-state index contributed by atoms with van der Waals surface area (Å²) in [6.07, 6.45) is 7.61. The molecule has 0 amide bonds. The van der Waals surface area contributed by atoms with E-state index in [0.717, 1.165) is 31.2 Å². The number of nitrogens with zero attached hydrogens (tertiary/aromatic N) is 1. The zero-order valence-corrected chi connectivity index (χ0v) is 11.6. The van der Waals surface area contributed by atoms with Crippen molar-refractivity contribution in [2.75, 3.05) is 6.54 Å². The highest BCUT2D eigenvalue weighted by Gasteiger charge is 2.30. The Morgan fingerprint density at radius 3 is 2.40 bits per heavy atom. The normalized spacial score (nSPS) is 18.5. The van der Waals surface area contributed by atoms with Crippen LogP contribution in [0.4, 0.5) is 10.1 Å². The van der Waals surface area contributed by atoms with Gasteiger partial charge in [0.15, 0.2) is 0 Å². The Bertz CT molecular complexity index is 483. The van der Waals surface area contributed by atoms with Crippen molar-refractivity contribution in [2.45, 2.75) is 44.9 Å². The number of hydrogen-bond acceptors (Lipinski definition) is 3. The van der Waals surface area contributed by atoms with Crippen LogP contribution in [0.5, 0.6) is 0 Å². The molecule has 2 N–H and O–H groups in total. The number of rotatable bonds is 4. The summed E-state index contributed by atoms with van der Waals surface area (Å²) in [6, 6.07) is 4.20. The van der Waals surface area contributed by atoms with Crippen molar-refractivity contribution < 1.29 is 9.31 Å². The zero-order valence-electron chi connectivity index (χ0n) is 11.6. The Hall–Kier alpha value is -1.49. The molecule has 0 spiro atoms. The third-order valence-corrected chi connectivity index (χ3v) is 4.39. The van der Waals surface area contributed by atoms with E-state index in [-0.39, 0.29) is 5.41 Å². The summed E-state index contributed by atoms with van der Waals surface area (Å²) < 4.78 is 13.7. The maximum absolute atomic E-state index is 13.7. The molecule has 20 heavy (non-hydrogen) atoms. The number of hydrogen-bond donors (Lipinski definition) is 1. The van der Waals surface area contributed by atoms with Gasteiger partial charge in [-0.15, -0.1) is 0 Å². The van der Waals surface area contributed by atoms with Crippen LogP contribution in [0.2, 0.25) is 0 Å². The highest BCUT2D eigenvalue weighted by atomic mass is 19.1. The monoisotopic (exact) mass is 280 g/mol. The molecule has 0 aliphatic heterocycles. The fraction of sp³-hybridized carbons (Fsp3) is 0.600. The topological polar surface area (TPSA) is 69.2 Å². The van der Waals surface area contributed by atoms with Crippen LogP contribution in [0.3, 0.4) is 0 Å². The first-order chi connectivity index (χ1) is 9.56. The second-order valence-corrected chi connectivity index (χ2v) is 5.84. The van der Waals surface area contributed by atoms with Crippen molar-refractivity contribution in [3.63, 3.8) is 0 Å². The Kier molecular flexibility index (Phi) is 4.70. The van der Waals surface area contributed by atoms with E-state index >= 15 is 0 Å². The van der Waals surface area contributed by atoms with Gasteiger partial charge in [0.1, 0.15) is 0 Å². The molecule has 1 aromatic rings. The minimum atomic E-state index is -0.756. The first kappa shape index (κ1) is 14.9. The zero-order chi connectivity index (χ0) is 14.6. The Labute approximate surface area is 118 Å². The van der Waals surface area contributed by atoms with Gasteiger partial charge < -0.3 is 5.73 Å². The van der Waals surface area contributed by atoms with Gasteiger partial charge in [-0.2, -0.15) is 4.39 Å². The SMILES string of the molecule is NCC1(Cc2ccc([N+](=O)[O-])c(F)c2)CCCCCC1. The molecule has 4 nitrogen and oxygen atoms in total. The van der Waals surface area contributed by atoms with Crippen LogP contribution in [0.25, 0.3) is 0 Å². The van der Waals surface area contributed by atoms with Crippen molar-refractivity contribution >= 4 is 5.69 Å². The molecule has 1 aromatic carbocycles. The van der Waals surface area contributed by atoms with E-state index in [9.17, 15) is 14.5 Å². The van der Waals surface area contributed by atoms with Crippen LogP contribution in [-0.2, 0) is 6.42 Å². The van der Waals surface area contributed by atoms with Crippen LogP contribution in [0.15, 0.2) is 18.2 Å². The summed E-state index contributed by atoms with van der Waals surface area (Å²) in [5.74, 6) is -0.756. The fourth-order valence-corrected chi connectivity index (χ4v) is 3.17. The van der Waals surface area contributed by atoms with Crippen molar-refractivity contribution in [1.82, 2.24) is 0 Å². The molecule has 2 rings (SSSR count). The van der Waals surface area contributed by atoms with Gasteiger partial charge in [0.05, 0.1) is 4.92 Å². The summed E-state index contributed by atoms with van der Waals surface area (Å²) in [5.41, 5.74) is 6.34. The predicted molar refractivity (Wildman–Crippen MR) is 75.9 cm³/mol. The molecule has 0 radical (unpaired) electrons. The summed E-state index contributed by atoms with van der Waals surface area (Å²) in [4.78, 5) is 9.94. The van der Waals surface area contributed by atoms with E-state index in [0.29, 0.717) is 13.0 Å². The van der Waals surface area contributed by atoms with Gasteiger partial charge in [0, 0.05) is 6.07 Å². The van der Waals surface area contributed by atoms with Crippen LogP contribution in [-0.4, -0.2) is 11.5 Å². The van der Waals surface area contributed by atoms with Crippen molar-refractivity contribution in [2.24, 2.45) is 11.1 Å². The quantitative estimate of drug-likeness (QED) is 0.520. The Balaban J connectivity index is 2.18. The van der Waals surface area contributed by atoms with Crippen LogP contribution < -0.4 is 5.73 Å². The van der Waals surface area contributed by atoms with Gasteiger partial charge in [-0.05, 0) is 42.9 Å². The van der Waals surface area contributed by atoms with Gasteiger partial charge in [-0.3, -0.25) is 10.1 Å². The predicted octanol–water partition coefficient (Wildman–Crippen LogP) is 3.58. The summed E-state index contributed by atoms with van der Waals surface area (Å²) in [5, 5.41) is 10.6. The number of halogens is 1. The number of benzene rings is 1. The van der Waals surface area contributed by atoms with Crippen molar-refractivity contribution in [3.05, 3.63) is 39.7 Å². The maximum Gasteiger partial charge on any atom is 0.304 e. The van der Waals surface area contributed by atoms with Gasteiger partial charge >= 0.3 is 5.69 Å². The van der Waals surface area contributed by atoms with E-state index < -0.39 is 16.4 Å². The highest BCUT2D eigenvalue weighted by Crippen LogP contribution is 2.37. The maximum atomic E-state index is 13.7. The summed E-state index contributed by atoms with van der Waals surface area (Å²) >= 11 is 0. The summed E-state index contributed by atoms with van der Waals surface area (Å²) in [6.45, 7) is 0.589. The molecule has 1 aliphatic carbocycles. The van der Waals surface area contributed by atoms with E-state index in [1.54, 1.807) is 6.07 Å². The molecule has 0 atom stereocenters. The minimum Gasteiger partial charge on any atom is -0.330 e. The lowest BCUT2D eigenvalue weighted by Gasteiger charge is -2.31. The molecular formula is C15H21FN2O2. The first-order valence-corrected chi connectivity index (χ1v) is 7.19. The van der Waals surface area contributed by atoms with Crippen molar-refractivity contribution in [3.8, 4) is 0 Å². The largest absolute Gasteiger partial charge is 0.330 e. The molecule has 0 unspecified atom stereocenters. The standard InChI is InChI=1S/C15H21FN2O2/c16-13-9-12(5-6-14(13)18(19)20)10-15(11-17)7-3-1-2-4-8-15/h5-6,9H,1-4,7-8,10-11,17H2. The molecule has 1 fully saturated rings. The van der Waals surface area contributed by atoms with Gasteiger partial charge in [0.25, 0.3) is 0 Å².